The van der Waals surface area contributed by atoms with E-state index in [9.17, 15) is 0 Å². The standard InChI is InChI=1S/C11H10S2Si/c1-6-14(7-1)8-2-4-12-10(8)11-9(14)3-5-13-11/h2-5H,1,6-7H2. The van der Waals surface area contributed by atoms with Crippen LogP contribution in [0.5, 0.6) is 0 Å². The van der Waals surface area contributed by atoms with E-state index in [-0.39, 0.29) is 0 Å². The van der Waals surface area contributed by atoms with Crippen LogP contribution in [0.15, 0.2) is 22.9 Å². The predicted octanol–water partition coefficient (Wildman–Crippen LogP) is 2.76. The average molecular weight is 234 g/mol. The highest BCUT2D eigenvalue weighted by Gasteiger charge is 2.50. The van der Waals surface area contributed by atoms with Crippen molar-refractivity contribution in [3.05, 3.63) is 22.9 Å². The van der Waals surface area contributed by atoms with Crippen molar-refractivity contribution in [2.75, 3.05) is 0 Å². The van der Waals surface area contributed by atoms with Crippen molar-refractivity contribution in [3.63, 3.8) is 0 Å². The molecule has 3 heteroatoms. The molecule has 0 atom stereocenters. The Balaban J connectivity index is 2.12. The van der Waals surface area contributed by atoms with Gasteiger partial charge in [-0.2, -0.15) is 0 Å². The van der Waals surface area contributed by atoms with Crippen LogP contribution in [0, 0.1) is 0 Å². The summed E-state index contributed by atoms with van der Waals surface area (Å²) in [5.41, 5.74) is 0. The molecule has 0 aromatic carbocycles. The van der Waals surface area contributed by atoms with Crippen molar-refractivity contribution in [2.45, 2.75) is 18.5 Å². The number of fused-ring (bicyclic) bond motifs is 5. The zero-order valence-corrected chi connectivity index (χ0v) is 10.4. The van der Waals surface area contributed by atoms with Crippen LogP contribution in [0.4, 0.5) is 0 Å². The van der Waals surface area contributed by atoms with Crippen molar-refractivity contribution < 1.29 is 0 Å². The molecule has 4 heterocycles. The summed E-state index contributed by atoms with van der Waals surface area (Å²) < 4.78 is 0. The molecule has 14 heavy (non-hydrogen) atoms. The largest absolute Gasteiger partial charge is 0.143 e. The molecule has 0 radical (unpaired) electrons. The Morgan fingerprint density at radius 3 is 1.93 bits per heavy atom. The Morgan fingerprint density at radius 1 is 0.929 bits per heavy atom. The molecule has 0 nitrogen and oxygen atoms in total. The second-order valence-electron chi connectivity index (χ2n) is 4.26. The fraction of sp³-hybridized carbons (Fsp3) is 0.273. The number of hydrogen-bond donors (Lipinski definition) is 0. The fourth-order valence-electron chi connectivity index (χ4n) is 2.94. The van der Waals surface area contributed by atoms with Gasteiger partial charge in [0.05, 0.1) is 0 Å². The molecular formula is C11H10S2Si. The minimum absolute atomic E-state index is 1.10. The van der Waals surface area contributed by atoms with E-state index in [1.54, 1.807) is 20.1 Å². The molecule has 2 aliphatic heterocycles. The van der Waals surface area contributed by atoms with Gasteiger partial charge in [-0.25, -0.2) is 0 Å². The summed E-state index contributed by atoms with van der Waals surface area (Å²) in [5.74, 6) is 0. The van der Waals surface area contributed by atoms with Crippen LogP contribution < -0.4 is 10.4 Å². The lowest BCUT2D eigenvalue weighted by Crippen LogP contribution is -2.59. The Kier molecular flexibility index (Phi) is 1.35. The number of thiophene rings is 2. The third-order valence-electron chi connectivity index (χ3n) is 3.77. The van der Waals surface area contributed by atoms with E-state index in [1.807, 2.05) is 22.7 Å². The zero-order chi connectivity index (χ0) is 9.17. The van der Waals surface area contributed by atoms with E-state index in [2.05, 4.69) is 22.9 Å². The second kappa shape index (κ2) is 2.40. The molecule has 0 unspecified atom stereocenters. The molecule has 0 bridgehead atoms. The van der Waals surface area contributed by atoms with Gasteiger partial charge in [-0.15, -0.1) is 22.7 Å². The summed E-state index contributed by atoms with van der Waals surface area (Å²) in [5, 5.41) is 8.13. The highest BCUT2D eigenvalue weighted by Crippen LogP contribution is 2.44. The van der Waals surface area contributed by atoms with E-state index in [0.717, 1.165) is 0 Å². The summed E-state index contributed by atoms with van der Waals surface area (Å²) in [7, 11) is -1.10. The third kappa shape index (κ3) is 0.688. The zero-order valence-electron chi connectivity index (χ0n) is 7.75. The minimum Gasteiger partial charge on any atom is -0.143 e. The lowest BCUT2D eigenvalue weighted by atomic mass is 10.4. The maximum Gasteiger partial charge on any atom is 0.122 e. The number of rotatable bonds is 0. The summed E-state index contributed by atoms with van der Waals surface area (Å²) >= 11 is 3.91. The van der Waals surface area contributed by atoms with E-state index in [1.165, 1.54) is 18.5 Å². The van der Waals surface area contributed by atoms with Crippen LogP contribution in [-0.2, 0) is 0 Å². The molecule has 2 aliphatic rings. The molecule has 0 aliphatic carbocycles. The van der Waals surface area contributed by atoms with E-state index in [4.69, 9.17) is 0 Å². The van der Waals surface area contributed by atoms with Crippen molar-refractivity contribution in [1.29, 1.82) is 0 Å². The predicted molar refractivity (Wildman–Crippen MR) is 66.9 cm³/mol. The molecule has 2 aromatic rings. The van der Waals surface area contributed by atoms with Crippen molar-refractivity contribution in [2.24, 2.45) is 0 Å². The quantitative estimate of drug-likeness (QED) is 0.615. The lowest BCUT2D eigenvalue weighted by Gasteiger charge is -2.36. The first-order valence-corrected chi connectivity index (χ1v) is 9.25. The van der Waals surface area contributed by atoms with E-state index < -0.39 is 8.07 Å². The maximum atomic E-state index is 2.41. The highest BCUT2D eigenvalue weighted by atomic mass is 32.1. The Bertz CT molecular complexity index is 463. The van der Waals surface area contributed by atoms with Gasteiger partial charge >= 0.3 is 0 Å². The normalized spacial score (nSPS) is 20.6. The van der Waals surface area contributed by atoms with Gasteiger partial charge in [-0.05, 0) is 33.2 Å². The first-order chi connectivity index (χ1) is 6.92. The van der Waals surface area contributed by atoms with Crippen LogP contribution in [0.25, 0.3) is 9.75 Å². The summed E-state index contributed by atoms with van der Waals surface area (Å²) in [4.78, 5) is 3.25. The molecule has 70 valence electrons. The van der Waals surface area contributed by atoms with Crippen molar-refractivity contribution >= 4 is 41.1 Å². The minimum atomic E-state index is -1.10. The van der Waals surface area contributed by atoms with Gasteiger partial charge in [0.25, 0.3) is 0 Å². The van der Waals surface area contributed by atoms with Gasteiger partial charge in [0.15, 0.2) is 0 Å². The molecule has 1 spiro atoms. The molecule has 1 saturated heterocycles. The number of hydrogen-bond acceptors (Lipinski definition) is 2. The van der Waals surface area contributed by atoms with Gasteiger partial charge in [-0.3, -0.25) is 0 Å². The second-order valence-corrected chi connectivity index (χ2v) is 10.3. The van der Waals surface area contributed by atoms with Gasteiger partial charge in [0.1, 0.15) is 8.07 Å². The van der Waals surface area contributed by atoms with Gasteiger partial charge < -0.3 is 0 Å². The molecule has 0 N–H and O–H groups in total. The Labute approximate surface area is 92.2 Å². The van der Waals surface area contributed by atoms with E-state index in [0.29, 0.717) is 0 Å². The summed E-state index contributed by atoms with van der Waals surface area (Å²) in [6, 6.07) is 7.86. The summed E-state index contributed by atoms with van der Waals surface area (Å²) in [6.45, 7) is 0. The van der Waals surface area contributed by atoms with Crippen LogP contribution in [0.2, 0.25) is 12.1 Å². The van der Waals surface area contributed by atoms with Gasteiger partial charge in [-0.1, -0.05) is 18.6 Å². The van der Waals surface area contributed by atoms with Gasteiger partial charge in [0.2, 0.25) is 0 Å². The topological polar surface area (TPSA) is 0 Å². The molecule has 4 rings (SSSR count). The van der Waals surface area contributed by atoms with Crippen LogP contribution >= 0.6 is 22.7 Å². The van der Waals surface area contributed by atoms with Gasteiger partial charge in [0, 0.05) is 9.75 Å². The molecule has 0 saturated carbocycles. The molecule has 1 fully saturated rings. The molecule has 2 aromatic heterocycles. The van der Waals surface area contributed by atoms with Crippen LogP contribution in [0.1, 0.15) is 6.42 Å². The first-order valence-electron chi connectivity index (χ1n) is 5.08. The van der Waals surface area contributed by atoms with Crippen LogP contribution in [-0.4, -0.2) is 8.07 Å². The highest BCUT2D eigenvalue weighted by molar-refractivity contribution is 7.28. The van der Waals surface area contributed by atoms with E-state index >= 15 is 0 Å². The Morgan fingerprint density at radius 2 is 1.50 bits per heavy atom. The Hall–Kier alpha value is -0.383. The first kappa shape index (κ1) is 7.85. The lowest BCUT2D eigenvalue weighted by molar-refractivity contribution is 0.931. The SMILES string of the molecule is c1cc2c(s1)-c1sccc1[Si]21CCC1. The third-order valence-corrected chi connectivity index (χ3v) is 11.4. The average Bonchev–Trinajstić information content (AvgIpc) is 2.66. The summed E-state index contributed by atoms with van der Waals surface area (Å²) in [6.07, 6.45) is 1.47. The van der Waals surface area contributed by atoms with Crippen molar-refractivity contribution in [1.82, 2.24) is 0 Å². The smallest absolute Gasteiger partial charge is 0.122 e. The monoisotopic (exact) mass is 234 g/mol. The van der Waals surface area contributed by atoms with Crippen molar-refractivity contribution in [3.8, 4) is 9.75 Å². The molecular weight excluding hydrogens is 224 g/mol. The van der Waals surface area contributed by atoms with Crippen LogP contribution in [0.3, 0.4) is 0 Å². The maximum absolute atomic E-state index is 2.41. The molecule has 0 amide bonds. The fourth-order valence-corrected chi connectivity index (χ4v) is 11.0.